The number of nitrogens with zero attached hydrogens (tertiary/aromatic N) is 1. The number of carbonyl (C=O) groups is 1. The molecule has 1 aliphatic carbocycles. The van der Waals surface area contributed by atoms with Gasteiger partial charge in [-0.25, -0.2) is 0 Å². The Hall–Kier alpha value is -1.81. The highest BCUT2D eigenvalue weighted by Gasteiger charge is 2.34. The largest absolute Gasteiger partial charge is 0.388 e. The van der Waals surface area contributed by atoms with Gasteiger partial charge < -0.3 is 15.0 Å². The van der Waals surface area contributed by atoms with Crippen LogP contribution in [0.5, 0.6) is 0 Å². The number of hydrogen-bond donors (Lipinski definition) is 2. The lowest BCUT2D eigenvalue weighted by Gasteiger charge is -2.36. The van der Waals surface area contributed by atoms with Crippen LogP contribution in [-0.4, -0.2) is 27.7 Å². The number of fused-ring (bicyclic) bond motifs is 1. The predicted octanol–water partition coefficient (Wildman–Crippen LogP) is 1.67. The summed E-state index contributed by atoms with van der Waals surface area (Å²) >= 11 is 0. The average molecular weight is 258 g/mol. The predicted molar refractivity (Wildman–Crippen MR) is 73.7 cm³/mol. The number of para-hydroxylation sites is 1. The van der Waals surface area contributed by atoms with Gasteiger partial charge in [0.25, 0.3) is 0 Å². The molecule has 0 bridgehead atoms. The van der Waals surface area contributed by atoms with Crippen LogP contribution in [0.25, 0.3) is 10.9 Å². The van der Waals surface area contributed by atoms with E-state index in [0.717, 1.165) is 30.2 Å². The number of aliphatic hydroxyl groups is 1. The Balaban J connectivity index is 1.63. The van der Waals surface area contributed by atoms with Gasteiger partial charge in [0.1, 0.15) is 6.54 Å². The summed E-state index contributed by atoms with van der Waals surface area (Å²) in [6, 6.07) is 9.98. The van der Waals surface area contributed by atoms with Crippen molar-refractivity contribution in [1.29, 1.82) is 0 Å². The quantitative estimate of drug-likeness (QED) is 0.876. The van der Waals surface area contributed by atoms with Gasteiger partial charge in [-0.1, -0.05) is 18.2 Å². The zero-order valence-corrected chi connectivity index (χ0v) is 10.8. The monoisotopic (exact) mass is 258 g/mol. The molecule has 1 aromatic carbocycles. The second kappa shape index (κ2) is 4.70. The van der Waals surface area contributed by atoms with E-state index in [4.69, 9.17) is 0 Å². The summed E-state index contributed by atoms with van der Waals surface area (Å²) < 4.78 is 1.93. The van der Waals surface area contributed by atoms with E-state index in [0.29, 0.717) is 13.1 Å². The number of rotatable bonds is 4. The summed E-state index contributed by atoms with van der Waals surface area (Å²) in [6.07, 6.45) is 4.55. The lowest BCUT2D eigenvalue weighted by molar-refractivity contribution is -0.124. The zero-order valence-electron chi connectivity index (χ0n) is 10.8. The minimum atomic E-state index is -0.658. The van der Waals surface area contributed by atoms with Gasteiger partial charge in [0.15, 0.2) is 0 Å². The SMILES string of the molecule is O=C(Cn1ccc2ccccc21)NCC1(O)CCC1. The fourth-order valence-electron chi connectivity index (χ4n) is 2.51. The number of nitrogens with one attached hydrogen (secondary N) is 1. The molecule has 0 atom stereocenters. The summed E-state index contributed by atoms with van der Waals surface area (Å²) in [5, 5.41) is 13.9. The number of carbonyl (C=O) groups excluding carboxylic acids is 1. The normalized spacial score (nSPS) is 17.1. The maximum Gasteiger partial charge on any atom is 0.240 e. The average Bonchev–Trinajstić information content (AvgIpc) is 2.78. The summed E-state index contributed by atoms with van der Waals surface area (Å²) in [5.41, 5.74) is 0.397. The van der Waals surface area contributed by atoms with Crippen molar-refractivity contribution in [2.45, 2.75) is 31.4 Å². The van der Waals surface area contributed by atoms with Crippen molar-refractivity contribution in [1.82, 2.24) is 9.88 Å². The number of benzene rings is 1. The van der Waals surface area contributed by atoms with Crippen molar-refractivity contribution in [3.05, 3.63) is 36.5 Å². The molecule has 19 heavy (non-hydrogen) atoms. The smallest absolute Gasteiger partial charge is 0.240 e. The first kappa shape index (κ1) is 12.2. The summed E-state index contributed by atoms with van der Waals surface area (Å²) in [5.74, 6) is -0.0540. The first-order valence-corrected chi connectivity index (χ1v) is 6.69. The Labute approximate surface area is 112 Å². The van der Waals surface area contributed by atoms with Crippen molar-refractivity contribution in [2.24, 2.45) is 0 Å². The van der Waals surface area contributed by atoms with Gasteiger partial charge in [-0.3, -0.25) is 4.79 Å². The third-order valence-electron chi connectivity index (χ3n) is 3.89. The van der Waals surface area contributed by atoms with E-state index in [1.165, 1.54) is 0 Å². The van der Waals surface area contributed by atoms with Crippen LogP contribution < -0.4 is 5.32 Å². The van der Waals surface area contributed by atoms with Crippen molar-refractivity contribution in [3.63, 3.8) is 0 Å². The van der Waals surface area contributed by atoms with Gasteiger partial charge in [0, 0.05) is 18.3 Å². The molecule has 3 rings (SSSR count). The standard InChI is InChI=1S/C15H18N2O2/c18-14(16-11-15(19)7-3-8-15)10-17-9-6-12-4-1-2-5-13(12)17/h1-2,4-6,9,19H,3,7-8,10-11H2,(H,16,18). The lowest BCUT2D eigenvalue weighted by atomic mass is 9.80. The van der Waals surface area contributed by atoms with Crippen molar-refractivity contribution in [2.75, 3.05) is 6.54 Å². The highest BCUT2D eigenvalue weighted by molar-refractivity contribution is 5.83. The molecule has 4 nitrogen and oxygen atoms in total. The fourth-order valence-corrected chi connectivity index (χ4v) is 2.51. The second-order valence-electron chi connectivity index (χ2n) is 5.36. The molecule has 1 amide bonds. The summed E-state index contributed by atoms with van der Waals surface area (Å²) in [6.45, 7) is 0.661. The maximum absolute atomic E-state index is 11.9. The third kappa shape index (κ3) is 2.49. The fraction of sp³-hybridized carbons (Fsp3) is 0.400. The van der Waals surface area contributed by atoms with Crippen molar-refractivity contribution < 1.29 is 9.90 Å². The van der Waals surface area contributed by atoms with E-state index in [1.54, 1.807) is 0 Å². The Morgan fingerprint density at radius 3 is 2.84 bits per heavy atom. The van der Waals surface area contributed by atoms with Crippen LogP contribution in [0.3, 0.4) is 0 Å². The molecular weight excluding hydrogens is 240 g/mol. The van der Waals surface area contributed by atoms with Crippen LogP contribution in [-0.2, 0) is 11.3 Å². The Bertz CT molecular complexity index is 599. The van der Waals surface area contributed by atoms with Crippen LogP contribution in [0, 0.1) is 0 Å². The Kier molecular flexibility index (Phi) is 3.03. The first-order valence-electron chi connectivity index (χ1n) is 6.69. The maximum atomic E-state index is 11.9. The number of amides is 1. The molecule has 1 saturated carbocycles. The minimum absolute atomic E-state index is 0.0540. The van der Waals surface area contributed by atoms with Crippen LogP contribution in [0.15, 0.2) is 36.5 Å². The van der Waals surface area contributed by atoms with E-state index in [9.17, 15) is 9.90 Å². The minimum Gasteiger partial charge on any atom is -0.388 e. The molecule has 4 heteroatoms. The molecule has 1 heterocycles. The third-order valence-corrected chi connectivity index (χ3v) is 3.89. The van der Waals surface area contributed by atoms with E-state index < -0.39 is 5.60 Å². The number of hydrogen-bond acceptors (Lipinski definition) is 2. The zero-order chi connectivity index (χ0) is 13.3. The summed E-state index contributed by atoms with van der Waals surface area (Å²) in [4.78, 5) is 11.9. The van der Waals surface area contributed by atoms with E-state index in [-0.39, 0.29) is 5.91 Å². The molecule has 0 radical (unpaired) electrons. The van der Waals surface area contributed by atoms with Gasteiger partial charge in [-0.2, -0.15) is 0 Å². The van der Waals surface area contributed by atoms with Crippen LogP contribution in [0.4, 0.5) is 0 Å². The highest BCUT2D eigenvalue weighted by atomic mass is 16.3. The molecule has 2 aromatic rings. The van der Waals surface area contributed by atoms with Crippen LogP contribution in [0.2, 0.25) is 0 Å². The summed E-state index contributed by atoms with van der Waals surface area (Å²) in [7, 11) is 0. The lowest BCUT2D eigenvalue weighted by Crippen LogP contribution is -2.48. The van der Waals surface area contributed by atoms with Crippen LogP contribution >= 0.6 is 0 Å². The van der Waals surface area contributed by atoms with Gasteiger partial charge in [-0.15, -0.1) is 0 Å². The second-order valence-corrected chi connectivity index (χ2v) is 5.36. The van der Waals surface area contributed by atoms with Gasteiger partial charge in [0.2, 0.25) is 5.91 Å². The number of aromatic nitrogens is 1. The molecule has 1 fully saturated rings. The molecule has 0 aliphatic heterocycles. The highest BCUT2D eigenvalue weighted by Crippen LogP contribution is 2.30. The molecular formula is C15H18N2O2. The molecule has 0 saturated heterocycles. The molecule has 100 valence electrons. The van der Waals surface area contributed by atoms with Crippen molar-refractivity contribution >= 4 is 16.8 Å². The Morgan fingerprint density at radius 1 is 1.32 bits per heavy atom. The van der Waals surface area contributed by atoms with E-state index in [1.807, 2.05) is 41.1 Å². The molecule has 0 spiro atoms. The van der Waals surface area contributed by atoms with Gasteiger partial charge >= 0.3 is 0 Å². The molecule has 1 aromatic heterocycles. The van der Waals surface area contributed by atoms with E-state index >= 15 is 0 Å². The van der Waals surface area contributed by atoms with Gasteiger partial charge in [0.05, 0.1) is 5.60 Å². The molecule has 1 aliphatic rings. The van der Waals surface area contributed by atoms with Crippen molar-refractivity contribution in [3.8, 4) is 0 Å². The Morgan fingerprint density at radius 2 is 2.11 bits per heavy atom. The topological polar surface area (TPSA) is 54.3 Å². The molecule has 0 unspecified atom stereocenters. The van der Waals surface area contributed by atoms with E-state index in [2.05, 4.69) is 5.32 Å². The first-order chi connectivity index (χ1) is 9.16. The van der Waals surface area contributed by atoms with Gasteiger partial charge in [-0.05, 0) is 36.8 Å². The van der Waals surface area contributed by atoms with Crippen LogP contribution in [0.1, 0.15) is 19.3 Å². The molecule has 2 N–H and O–H groups in total.